The third kappa shape index (κ3) is 8.05. The molecule has 1 unspecified atom stereocenters. The molecule has 0 aromatic carbocycles. The fourth-order valence-corrected chi connectivity index (χ4v) is 2.66. The first-order valence-corrected chi connectivity index (χ1v) is 8.74. The number of unbranched alkanes of at least 4 members (excludes halogenated alkanes) is 2. The zero-order chi connectivity index (χ0) is 12.6. The average Bonchev–Trinajstić information content (AvgIpc) is 2.15. The molecule has 1 atom stereocenters. The topological polar surface area (TPSA) is 26.3 Å². The smallest absolute Gasteiger partial charge is 0.205 e. The maximum Gasteiger partial charge on any atom is 0.205 e. The van der Waals surface area contributed by atoms with Crippen molar-refractivity contribution in [3.63, 3.8) is 0 Å². The minimum absolute atomic E-state index is 0.194. The second kappa shape index (κ2) is 8.01. The first kappa shape index (κ1) is 15.8. The maximum absolute atomic E-state index is 10.9. The van der Waals surface area contributed by atoms with E-state index in [0.717, 1.165) is 12.7 Å². The van der Waals surface area contributed by atoms with Crippen LogP contribution in [0, 0.1) is 5.41 Å². The molecule has 0 fully saturated rings. The molecule has 0 saturated heterocycles. The average molecular weight is 243 g/mol. The summed E-state index contributed by atoms with van der Waals surface area (Å²) in [5, 5.41) is 0. The van der Waals surface area contributed by atoms with Gasteiger partial charge in [0, 0.05) is 0 Å². The zero-order valence-electron chi connectivity index (χ0n) is 11.5. The van der Waals surface area contributed by atoms with Gasteiger partial charge in [0.05, 0.1) is 0 Å². The molecule has 2 nitrogen and oxygen atoms in total. The Hall–Kier alpha value is -0.153. The summed E-state index contributed by atoms with van der Waals surface area (Å²) in [5.74, 6) is 0. The summed E-state index contributed by atoms with van der Waals surface area (Å²) in [6.45, 7) is 10.8. The van der Waals surface area contributed by atoms with Gasteiger partial charge in [-0.15, -0.1) is 0 Å². The lowest BCUT2D eigenvalue weighted by Gasteiger charge is -2.28. The minimum Gasteiger partial charge on any atom is -0.408 e. The largest absolute Gasteiger partial charge is 0.408 e. The number of aldehydes is 1. The van der Waals surface area contributed by atoms with Crippen LogP contribution < -0.4 is 0 Å². The van der Waals surface area contributed by atoms with Crippen LogP contribution in [-0.2, 0) is 9.22 Å². The van der Waals surface area contributed by atoms with E-state index in [1.807, 2.05) is 0 Å². The van der Waals surface area contributed by atoms with Crippen molar-refractivity contribution >= 4 is 15.3 Å². The van der Waals surface area contributed by atoms with E-state index in [0.29, 0.717) is 0 Å². The highest BCUT2D eigenvalue weighted by Crippen LogP contribution is 2.29. The lowest BCUT2D eigenvalue weighted by Crippen LogP contribution is -2.28. The van der Waals surface area contributed by atoms with Gasteiger partial charge in [0.15, 0.2) is 0 Å². The first-order chi connectivity index (χ1) is 7.41. The molecule has 0 aromatic heterocycles. The first-order valence-electron chi connectivity index (χ1n) is 6.33. The molecule has 0 aliphatic heterocycles. The van der Waals surface area contributed by atoms with Crippen LogP contribution in [0.15, 0.2) is 0 Å². The summed E-state index contributed by atoms with van der Waals surface area (Å²) in [7, 11) is -0.773. The van der Waals surface area contributed by atoms with Gasteiger partial charge < -0.3 is 9.22 Å². The van der Waals surface area contributed by atoms with Crippen molar-refractivity contribution in [2.24, 2.45) is 5.41 Å². The van der Waals surface area contributed by atoms with Gasteiger partial charge in [-0.1, -0.05) is 40.0 Å². The molecule has 0 N–H and O–H groups in total. The Morgan fingerprint density at radius 3 is 2.38 bits per heavy atom. The summed E-state index contributed by atoms with van der Waals surface area (Å²) in [6, 6.07) is 0. The number of carbonyl (C=O) groups is 1. The Morgan fingerprint density at radius 2 is 1.94 bits per heavy atom. The summed E-state index contributed by atoms with van der Waals surface area (Å²) in [6.07, 6.45) is 6.61. The molecule has 0 aliphatic carbocycles. The van der Waals surface area contributed by atoms with Gasteiger partial charge in [0.25, 0.3) is 0 Å². The molecule has 0 aliphatic rings. The molecule has 95 valence electrons. The highest BCUT2D eigenvalue weighted by Gasteiger charge is 2.23. The van der Waals surface area contributed by atoms with E-state index in [1.54, 1.807) is 0 Å². The number of hydrogen-bond donors (Lipinski definition) is 0. The van der Waals surface area contributed by atoms with Gasteiger partial charge in [-0.3, -0.25) is 0 Å². The van der Waals surface area contributed by atoms with E-state index in [-0.39, 0.29) is 11.5 Å². The highest BCUT2D eigenvalue weighted by molar-refractivity contribution is 6.48. The van der Waals surface area contributed by atoms with E-state index in [4.69, 9.17) is 4.43 Å². The maximum atomic E-state index is 10.9. The molecule has 3 heteroatoms. The Kier molecular flexibility index (Phi) is 7.94. The van der Waals surface area contributed by atoms with Crippen molar-refractivity contribution in [3.8, 4) is 0 Å². The van der Waals surface area contributed by atoms with Gasteiger partial charge in [0.1, 0.15) is 12.4 Å². The Balaban J connectivity index is 4.03. The van der Waals surface area contributed by atoms with Crippen molar-refractivity contribution in [1.82, 2.24) is 0 Å². The fourth-order valence-electron chi connectivity index (χ4n) is 1.92. The molecule has 0 aromatic rings. The van der Waals surface area contributed by atoms with Gasteiger partial charge in [-0.2, -0.15) is 0 Å². The van der Waals surface area contributed by atoms with E-state index in [9.17, 15) is 4.79 Å². The van der Waals surface area contributed by atoms with E-state index < -0.39 is 9.04 Å². The predicted octanol–water partition coefficient (Wildman–Crippen LogP) is 3.82. The number of carbonyl (C=O) groups excluding carboxylic acids is 1. The van der Waals surface area contributed by atoms with E-state index >= 15 is 0 Å². The molecule has 0 amide bonds. The van der Waals surface area contributed by atoms with Gasteiger partial charge in [-0.25, -0.2) is 0 Å². The second-order valence-electron chi connectivity index (χ2n) is 5.53. The Morgan fingerprint density at radius 1 is 1.31 bits per heavy atom. The van der Waals surface area contributed by atoms with Crippen LogP contribution in [0.3, 0.4) is 0 Å². The SMILES string of the molecule is CCCCCC(C)(C)CC(C=O)O[Si](C)C. The normalized spacial score (nSPS) is 14.1. The van der Waals surface area contributed by atoms with Gasteiger partial charge >= 0.3 is 0 Å². The molecular weight excluding hydrogens is 216 g/mol. The van der Waals surface area contributed by atoms with Crippen LogP contribution in [0.4, 0.5) is 0 Å². The Bertz CT molecular complexity index is 190. The molecule has 0 rings (SSSR count). The summed E-state index contributed by atoms with van der Waals surface area (Å²) < 4.78 is 5.68. The molecule has 0 heterocycles. The Labute approximate surface area is 102 Å². The quantitative estimate of drug-likeness (QED) is 0.349. The van der Waals surface area contributed by atoms with Crippen molar-refractivity contribution in [2.75, 3.05) is 0 Å². The van der Waals surface area contributed by atoms with Crippen molar-refractivity contribution < 1.29 is 9.22 Å². The monoisotopic (exact) mass is 243 g/mol. The van der Waals surface area contributed by atoms with Crippen LogP contribution >= 0.6 is 0 Å². The molecule has 0 saturated carbocycles. The summed E-state index contributed by atoms with van der Waals surface area (Å²) >= 11 is 0. The molecule has 1 radical (unpaired) electrons. The zero-order valence-corrected chi connectivity index (χ0v) is 12.5. The van der Waals surface area contributed by atoms with Crippen LogP contribution in [0.25, 0.3) is 0 Å². The second-order valence-corrected chi connectivity index (χ2v) is 7.58. The van der Waals surface area contributed by atoms with Crippen LogP contribution in [0.5, 0.6) is 0 Å². The standard InChI is InChI=1S/C13H27O2Si/c1-6-7-8-9-13(2,3)10-12(11-14)15-16(4)5/h11-12H,6-10H2,1-5H3. The van der Waals surface area contributed by atoms with Crippen molar-refractivity contribution in [2.45, 2.75) is 72.1 Å². The highest BCUT2D eigenvalue weighted by atomic mass is 28.3. The van der Waals surface area contributed by atoms with Gasteiger partial charge in [-0.05, 0) is 31.4 Å². The van der Waals surface area contributed by atoms with Crippen LogP contribution in [0.2, 0.25) is 13.1 Å². The fraction of sp³-hybridized carbons (Fsp3) is 0.923. The lowest BCUT2D eigenvalue weighted by molar-refractivity contribution is -0.115. The van der Waals surface area contributed by atoms with Crippen LogP contribution in [-0.4, -0.2) is 21.4 Å². The number of rotatable bonds is 9. The third-order valence-electron chi connectivity index (χ3n) is 2.75. The van der Waals surface area contributed by atoms with Gasteiger partial charge in [0.2, 0.25) is 9.04 Å². The van der Waals surface area contributed by atoms with Crippen LogP contribution in [0.1, 0.15) is 52.9 Å². The summed E-state index contributed by atoms with van der Waals surface area (Å²) in [5.41, 5.74) is 0.220. The van der Waals surface area contributed by atoms with Crippen molar-refractivity contribution in [1.29, 1.82) is 0 Å². The molecule has 0 bridgehead atoms. The predicted molar refractivity (Wildman–Crippen MR) is 71.0 cm³/mol. The van der Waals surface area contributed by atoms with E-state index in [1.165, 1.54) is 25.7 Å². The molecule has 0 spiro atoms. The molecular formula is C13H27O2Si. The summed E-state index contributed by atoms with van der Waals surface area (Å²) in [4.78, 5) is 10.9. The van der Waals surface area contributed by atoms with Crippen molar-refractivity contribution in [3.05, 3.63) is 0 Å². The third-order valence-corrected chi connectivity index (χ3v) is 3.52. The molecule has 16 heavy (non-hydrogen) atoms. The minimum atomic E-state index is -0.773. The lowest BCUT2D eigenvalue weighted by atomic mass is 9.82. The number of hydrogen-bond acceptors (Lipinski definition) is 2. The van der Waals surface area contributed by atoms with E-state index in [2.05, 4.69) is 33.9 Å².